The number of alkyl halides is 3. The summed E-state index contributed by atoms with van der Waals surface area (Å²) in [6.07, 6.45) is -3.94. The molecule has 144 valence electrons. The fraction of sp³-hybridized carbons (Fsp3) is 0.688. The van der Waals surface area contributed by atoms with Gasteiger partial charge in [0.15, 0.2) is 0 Å². The molecule has 0 aromatic carbocycles. The average molecular weight is 373 g/mol. The molecule has 2 fully saturated rings. The molecule has 0 N–H and O–H groups in total. The quantitative estimate of drug-likeness (QED) is 0.771. The highest BCUT2D eigenvalue weighted by atomic mass is 19.4. The SMILES string of the molecule is CCn1nc(N2CCN(C3CCN(CC(F)(F)F)C3=O)CC2)ccc1=O. The van der Waals surface area contributed by atoms with E-state index in [-0.39, 0.29) is 12.1 Å². The summed E-state index contributed by atoms with van der Waals surface area (Å²) in [6, 6.07) is 2.68. The summed E-state index contributed by atoms with van der Waals surface area (Å²) >= 11 is 0. The van der Waals surface area contributed by atoms with Crippen LogP contribution in [0.5, 0.6) is 0 Å². The average Bonchev–Trinajstić information content (AvgIpc) is 2.94. The predicted molar refractivity (Wildman–Crippen MR) is 89.0 cm³/mol. The molecule has 3 heterocycles. The van der Waals surface area contributed by atoms with Gasteiger partial charge in [0, 0.05) is 45.3 Å². The Balaban J connectivity index is 1.59. The van der Waals surface area contributed by atoms with Gasteiger partial charge in [0.05, 0.1) is 6.04 Å². The lowest BCUT2D eigenvalue weighted by molar-refractivity contribution is -0.159. The van der Waals surface area contributed by atoms with Gasteiger partial charge in [-0.3, -0.25) is 14.5 Å². The number of aromatic nitrogens is 2. The highest BCUT2D eigenvalue weighted by Gasteiger charge is 2.42. The van der Waals surface area contributed by atoms with Gasteiger partial charge in [-0.2, -0.15) is 18.3 Å². The number of carbonyl (C=O) groups excluding carboxylic acids is 1. The summed E-state index contributed by atoms with van der Waals surface area (Å²) in [6.45, 7) is 3.66. The van der Waals surface area contributed by atoms with E-state index >= 15 is 0 Å². The topological polar surface area (TPSA) is 61.7 Å². The van der Waals surface area contributed by atoms with Crippen LogP contribution in [-0.2, 0) is 11.3 Å². The Labute approximate surface area is 149 Å². The van der Waals surface area contributed by atoms with Crippen molar-refractivity contribution >= 4 is 11.7 Å². The molecule has 3 rings (SSSR count). The lowest BCUT2D eigenvalue weighted by Crippen LogP contribution is -2.53. The zero-order valence-corrected chi connectivity index (χ0v) is 14.6. The van der Waals surface area contributed by atoms with Crippen LogP contribution >= 0.6 is 0 Å². The highest BCUT2D eigenvalue weighted by Crippen LogP contribution is 2.24. The number of nitrogens with zero attached hydrogens (tertiary/aromatic N) is 5. The Morgan fingerprint density at radius 3 is 2.42 bits per heavy atom. The second-order valence-corrected chi connectivity index (χ2v) is 6.55. The summed E-state index contributed by atoms with van der Waals surface area (Å²) in [5.41, 5.74) is -0.156. The largest absolute Gasteiger partial charge is 0.406 e. The molecule has 0 radical (unpaired) electrons. The van der Waals surface area contributed by atoms with E-state index in [1.807, 2.05) is 16.7 Å². The van der Waals surface area contributed by atoms with Crippen molar-refractivity contribution in [2.24, 2.45) is 0 Å². The van der Waals surface area contributed by atoms with Crippen molar-refractivity contribution in [2.45, 2.75) is 32.1 Å². The van der Waals surface area contributed by atoms with E-state index in [1.54, 1.807) is 6.07 Å². The van der Waals surface area contributed by atoms with Gasteiger partial charge in [-0.1, -0.05) is 0 Å². The van der Waals surface area contributed by atoms with E-state index in [2.05, 4.69) is 5.10 Å². The number of piperazine rings is 1. The number of likely N-dealkylation sites (tertiary alicyclic amines) is 1. The summed E-state index contributed by atoms with van der Waals surface area (Å²) in [5.74, 6) is 0.260. The first-order valence-electron chi connectivity index (χ1n) is 8.71. The van der Waals surface area contributed by atoms with Crippen molar-refractivity contribution < 1.29 is 18.0 Å². The predicted octanol–water partition coefficient (Wildman–Crippen LogP) is 0.548. The highest BCUT2D eigenvalue weighted by molar-refractivity contribution is 5.84. The van der Waals surface area contributed by atoms with Crippen LogP contribution in [0.4, 0.5) is 19.0 Å². The zero-order chi connectivity index (χ0) is 18.9. The van der Waals surface area contributed by atoms with E-state index < -0.39 is 24.7 Å². The van der Waals surface area contributed by atoms with Gasteiger partial charge in [-0.15, -0.1) is 0 Å². The Kier molecular flexibility index (Phi) is 5.22. The molecule has 1 aromatic rings. The molecule has 1 unspecified atom stereocenters. The maximum Gasteiger partial charge on any atom is 0.406 e. The molecule has 1 atom stereocenters. The van der Waals surface area contributed by atoms with Crippen LogP contribution in [0.25, 0.3) is 0 Å². The Morgan fingerprint density at radius 1 is 1.12 bits per heavy atom. The standard InChI is InChI=1S/C16H22F3N5O2/c1-2-24-14(25)4-3-13(20-24)22-9-7-21(8-10-22)12-5-6-23(15(12)26)11-16(17,18)19/h3-4,12H,2,5-11H2,1H3. The van der Waals surface area contributed by atoms with Crippen LogP contribution in [-0.4, -0.2) is 77.0 Å². The van der Waals surface area contributed by atoms with Crippen LogP contribution < -0.4 is 10.5 Å². The summed E-state index contributed by atoms with van der Waals surface area (Å²) in [4.78, 5) is 28.8. The molecule has 0 saturated carbocycles. The second-order valence-electron chi connectivity index (χ2n) is 6.55. The number of carbonyl (C=O) groups is 1. The van der Waals surface area contributed by atoms with Crippen LogP contribution in [0.2, 0.25) is 0 Å². The van der Waals surface area contributed by atoms with Crippen LogP contribution in [0.15, 0.2) is 16.9 Å². The summed E-state index contributed by atoms with van der Waals surface area (Å²) < 4.78 is 39.0. The molecule has 1 aromatic heterocycles. The van der Waals surface area contributed by atoms with Crippen molar-refractivity contribution in [3.8, 4) is 0 Å². The van der Waals surface area contributed by atoms with Gasteiger partial charge in [0.2, 0.25) is 5.91 Å². The Hall–Kier alpha value is -2.10. The summed E-state index contributed by atoms with van der Waals surface area (Å²) in [5, 5.41) is 4.32. The smallest absolute Gasteiger partial charge is 0.353 e. The van der Waals surface area contributed by atoms with E-state index in [1.165, 1.54) is 10.7 Å². The first-order valence-corrected chi connectivity index (χ1v) is 8.71. The molecular formula is C16H22F3N5O2. The lowest BCUT2D eigenvalue weighted by Gasteiger charge is -2.37. The monoisotopic (exact) mass is 373 g/mol. The molecule has 2 saturated heterocycles. The molecule has 0 spiro atoms. The number of rotatable bonds is 4. The fourth-order valence-electron chi connectivity index (χ4n) is 3.53. The normalized spacial score (nSPS) is 22.3. The molecule has 2 aliphatic rings. The number of amides is 1. The summed E-state index contributed by atoms with van der Waals surface area (Å²) in [7, 11) is 0. The van der Waals surface area contributed by atoms with E-state index in [0.29, 0.717) is 45.0 Å². The van der Waals surface area contributed by atoms with Crippen LogP contribution in [0, 0.1) is 0 Å². The zero-order valence-electron chi connectivity index (χ0n) is 14.6. The van der Waals surface area contributed by atoms with E-state index in [4.69, 9.17) is 0 Å². The van der Waals surface area contributed by atoms with Gasteiger partial charge < -0.3 is 9.80 Å². The molecule has 10 heteroatoms. The van der Waals surface area contributed by atoms with Gasteiger partial charge in [-0.25, -0.2) is 4.68 Å². The first-order chi connectivity index (χ1) is 12.3. The minimum absolute atomic E-state index is 0.145. The Morgan fingerprint density at radius 2 is 1.81 bits per heavy atom. The lowest BCUT2D eigenvalue weighted by atomic mass is 10.2. The van der Waals surface area contributed by atoms with Gasteiger partial charge in [0.1, 0.15) is 12.4 Å². The molecule has 7 nitrogen and oxygen atoms in total. The molecular weight excluding hydrogens is 351 g/mol. The molecule has 0 bridgehead atoms. The maximum absolute atomic E-state index is 12.5. The van der Waals surface area contributed by atoms with E-state index in [9.17, 15) is 22.8 Å². The van der Waals surface area contributed by atoms with Gasteiger partial charge >= 0.3 is 6.18 Å². The third-order valence-electron chi connectivity index (χ3n) is 4.87. The minimum Gasteiger partial charge on any atom is -0.353 e. The van der Waals surface area contributed by atoms with Crippen LogP contribution in [0.1, 0.15) is 13.3 Å². The third kappa shape index (κ3) is 4.00. The molecule has 1 amide bonds. The van der Waals surface area contributed by atoms with Gasteiger partial charge in [0.25, 0.3) is 5.56 Å². The second kappa shape index (κ2) is 7.26. The van der Waals surface area contributed by atoms with Crippen molar-refractivity contribution in [1.82, 2.24) is 19.6 Å². The molecule has 26 heavy (non-hydrogen) atoms. The number of aryl methyl sites for hydroxylation is 1. The molecule has 0 aliphatic carbocycles. The third-order valence-corrected chi connectivity index (χ3v) is 4.87. The number of hydrogen-bond donors (Lipinski definition) is 0. The van der Waals surface area contributed by atoms with Crippen molar-refractivity contribution in [2.75, 3.05) is 44.2 Å². The van der Waals surface area contributed by atoms with Crippen LogP contribution in [0.3, 0.4) is 0 Å². The van der Waals surface area contributed by atoms with Gasteiger partial charge in [-0.05, 0) is 19.4 Å². The molecule has 2 aliphatic heterocycles. The van der Waals surface area contributed by atoms with Crippen molar-refractivity contribution in [3.05, 3.63) is 22.5 Å². The fourth-order valence-corrected chi connectivity index (χ4v) is 3.53. The van der Waals surface area contributed by atoms with Crippen molar-refractivity contribution in [3.63, 3.8) is 0 Å². The number of halogens is 3. The van der Waals surface area contributed by atoms with E-state index in [0.717, 1.165) is 4.90 Å². The first kappa shape index (κ1) is 18.7. The van der Waals surface area contributed by atoms with Crippen molar-refractivity contribution in [1.29, 1.82) is 0 Å². The number of hydrogen-bond acceptors (Lipinski definition) is 5. The Bertz CT molecular complexity index is 713. The maximum atomic E-state index is 12.5. The number of anilines is 1. The minimum atomic E-state index is -4.36.